The molecule has 0 aromatic heterocycles. The van der Waals surface area contributed by atoms with E-state index in [-0.39, 0.29) is 16.9 Å². The van der Waals surface area contributed by atoms with Crippen LogP contribution >= 0.6 is 11.8 Å². The molecule has 0 atom stereocenters. The molecule has 3 rings (SSSR count). The highest BCUT2D eigenvalue weighted by atomic mass is 32.2. The number of ether oxygens (including phenoxy) is 1. The molecule has 1 saturated carbocycles. The van der Waals surface area contributed by atoms with Crippen LogP contribution in [0, 0.1) is 0 Å². The molecular formula is C21H32N4O2S. The van der Waals surface area contributed by atoms with Crippen LogP contribution in [0.1, 0.15) is 45.4 Å². The molecular weight excluding hydrogens is 372 g/mol. The zero-order chi connectivity index (χ0) is 19.8. The Morgan fingerprint density at radius 2 is 1.96 bits per heavy atom. The normalized spacial score (nSPS) is 20.2. The molecule has 1 saturated heterocycles. The molecule has 1 heterocycles. The smallest absolute Gasteiger partial charge is 0.409 e. The molecule has 1 aromatic carbocycles. The van der Waals surface area contributed by atoms with Crippen molar-refractivity contribution in [2.75, 3.05) is 26.2 Å². The van der Waals surface area contributed by atoms with Gasteiger partial charge in [0.05, 0.1) is 13.2 Å². The highest BCUT2D eigenvalue weighted by Crippen LogP contribution is 2.45. The van der Waals surface area contributed by atoms with Crippen LogP contribution in [-0.4, -0.2) is 54.0 Å². The van der Waals surface area contributed by atoms with Gasteiger partial charge in [-0.05, 0) is 44.7 Å². The van der Waals surface area contributed by atoms with Gasteiger partial charge in [0, 0.05) is 28.8 Å². The number of likely N-dealkylation sites (tertiary alicyclic amines) is 1. The number of hydrogen-bond donors (Lipinski definition) is 2. The Morgan fingerprint density at radius 3 is 2.61 bits per heavy atom. The van der Waals surface area contributed by atoms with E-state index in [0.29, 0.717) is 25.7 Å². The molecule has 2 aliphatic rings. The zero-order valence-corrected chi connectivity index (χ0v) is 17.5. The molecule has 0 radical (unpaired) electrons. The summed E-state index contributed by atoms with van der Waals surface area (Å²) in [6.45, 7) is 4.37. The molecule has 6 nitrogen and oxygen atoms in total. The second kappa shape index (κ2) is 10.0. The lowest BCUT2D eigenvalue weighted by molar-refractivity contribution is 0.0963. The van der Waals surface area contributed by atoms with Crippen molar-refractivity contribution >= 4 is 23.8 Å². The Hall–Kier alpha value is -1.89. The Bertz CT molecular complexity index is 654. The number of nitrogens with two attached hydrogens (primary N) is 1. The van der Waals surface area contributed by atoms with Gasteiger partial charge in [-0.1, -0.05) is 31.0 Å². The molecule has 28 heavy (non-hydrogen) atoms. The molecule has 1 aliphatic carbocycles. The number of amides is 1. The summed E-state index contributed by atoms with van der Waals surface area (Å²) in [5.74, 6) is 0.523. The lowest BCUT2D eigenvalue weighted by atomic mass is 10.1. The molecule has 1 aliphatic heterocycles. The summed E-state index contributed by atoms with van der Waals surface area (Å²) in [6, 6.07) is 10.8. The van der Waals surface area contributed by atoms with Gasteiger partial charge in [0.2, 0.25) is 0 Å². The number of carbonyl (C=O) groups excluding carboxylic acids is 1. The van der Waals surface area contributed by atoms with E-state index in [0.717, 1.165) is 19.4 Å². The Balaban J connectivity index is 1.50. The van der Waals surface area contributed by atoms with Gasteiger partial charge < -0.3 is 20.7 Å². The van der Waals surface area contributed by atoms with Crippen LogP contribution < -0.4 is 11.1 Å². The fourth-order valence-corrected chi connectivity index (χ4v) is 5.37. The highest BCUT2D eigenvalue weighted by Gasteiger charge is 2.35. The lowest BCUT2D eigenvalue weighted by Crippen LogP contribution is -2.48. The molecule has 0 bridgehead atoms. The van der Waals surface area contributed by atoms with Crippen molar-refractivity contribution in [1.82, 2.24) is 10.2 Å². The van der Waals surface area contributed by atoms with Crippen molar-refractivity contribution in [2.24, 2.45) is 10.7 Å². The van der Waals surface area contributed by atoms with E-state index < -0.39 is 0 Å². The van der Waals surface area contributed by atoms with Gasteiger partial charge in [-0.15, -0.1) is 11.8 Å². The van der Waals surface area contributed by atoms with E-state index >= 15 is 0 Å². The number of thioether (sulfide) groups is 1. The quantitative estimate of drug-likeness (QED) is 0.559. The standard InChI is InChI=1S/C21H32N4O2S/c1-2-27-20(26)25-14-10-17(11-15-25)24-19(22)23-16-21(12-6-7-13-21)28-18-8-4-3-5-9-18/h3-5,8-9,17H,2,6-7,10-16H2,1H3,(H3,22,23,24). The van der Waals surface area contributed by atoms with E-state index in [9.17, 15) is 4.79 Å². The number of rotatable bonds is 6. The van der Waals surface area contributed by atoms with Gasteiger partial charge in [0.1, 0.15) is 0 Å². The third-order valence-corrected chi connectivity index (χ3v) is 6.98. The maximum Gasteiger partial charge on any atom is 0.409 e. The highest BCUT2D eigenvalue weighted by molar-refractivity contribution is 8.00. The van der Waals surface area contributed by atoms with Gasteiger partial charge in [-0.25, -0.2) is 4.79 Å². The third-order valence-electron chi connectivity index (χ3n) is 5.50. The Labute approximate surface area is 172 Å². The van der Waals surface area contributed by atoms with Crippen LogP contribution in [0.5, 0.6) is 0 Å². The summed E-state index contributed by atoms with van der Waals surface area (Å²) >= 11 is 1.95. The summed E-state index contributed by atoms with van der Waals surface area (Å²) in [5, 5.41) is 3.36. The number of nitrogens with one attached hydrogen (secondary N) is 1. The third kappa shape index (κ3) is 5.80. The molecule has 154 valence electrons. The Morgan fingerprint density at radius 1 is 1.29 bits per heavy atom. The first-order chi connectivity index (χ1) is 13.6. The van der Waals surface area contributed by atoms with Crippen LogP contribution in [0.25, 0.3) is 0 Å². The second-order valence-electron chi connectivity index (χ2n) is 7.61. The van der Waals surface area contributed by atoms with Crippen LogP contribution in [0.3, 0.4) is 0 Å². The summed E-state index contributed by atoms with van der Waals surface area (Å²) in [5.41, 5.74) is 6.20. The number of hydrogen-bond acceptors (Lipinski definition) is 4. The molecule has 7 heteroatoms. The van der Waals surface area contributed by atoms with Crippen molar-refractivity contribution in [3.8, 4) is 0 Å². The van der Waals surface area contributed by atoms with Gasteiger partial charge in [-0.3, -0.25) is 4.99 Å². The summed E-state index contributed by atoms with van der Waals surface area (Å²) in [7, 11) is 0. The number of guanidine groups is 1. The number of aliphatic imine (C=N–C) groups is 1. The van der Waals surface area contributed by atoms with E-state index in [1.807, 2.05) is 18.7 Å². The van der Waals surface area contributed by atoms with Gasteiger partial charge in [0.15, 0.2) is 5.96 Å². The SMILES string of the molecule is CCOC(=O)N1CCC(NC(N)=NCC2(Sc3ccccc3)CCCC2)CC1. The predicted octanol–water partition coefficient (Wildman–Crippen LogP) is 3.62. The minimum Gasteiger partial charge on any atom is -0.450 e. The van der Waals surface area contributed by atoms with Crippen molar-refractivity contribution in [1.29, 1.82) is 0 Å². The molecule has 2 fully saturated rings. The van der Waals surface area contributed by atoms with Crippen molar-refractivity contribution in [2.45, 2.75) is 61.1 Å². The average Bonchev–Trinajstić information content (AvgIpc) is 3.17. The van der Waals surface area contributed by atoms with Gasteiger partial charge in [0.25, 0.3) is 0 Å². The van der Waals surface area contributed by atoms with Gasteiger partial charge in [-0.2, -0.15) is 0 Å². The summed E-state index contributed by atoms with van der Waals surface area (Å²) in [6.07, 6.45) is 6.38. The number of benzene rings is 1. The van der Waals surface area contributed by atoms with E-state index in [4.69, 9.17) is 15.5 Å². The first-order valence-electron chi connectivity index (χ1n) is 10.3. The fraction of sp³-hybridized carbons (Fsp3) is 0.619. The van der Waals surface area contributed by atoms with Crippen LogP contribution in [0.15, 0.2) is 40.2 Å². The van der Waals surface area contributed by atoms with Crippen molar-refractivity contribution < 1.29 is 9.53 Å². The summed E-state index contributed by atoms with van der Waals surface area (Å²) < 4.78 is 5.22. The predicted molar refractivity (Wildman–Crippen MR) is 115 cm³/mol. The topological polar surface area (TPSA) is 80.0 Å². The molecule has 0 spiro atoms. The first-order valence-corrected chi connectivity index (χ1v) is 11.1. The van der Waals surface area contributed by atoms with Crippen LogP contribution in [-0.2, 0) is 4.74 Å². The van der Waals surface area contributed by atoms with Crippen LogP contribution in [0.2, 0.25) is 0 Å². The minimum absolute atomic E-state index is 0.154. The average molecular weight is 405 g/mol. The molecule has 1 aromatic rings. The summed E-state index contributed by atoms with van der Waals surface area (Å²) in [4.78, 5) is 19.6. The van der Waals surface area contributed by atoms with Crippen molar-refractivity contribution in [3.63, 3.8) is 0 Å². The van der Waals surface area contributed by atoms with Gasteiger partial charge >= 0.3 is 6.09 Å². The van der Waals surface area contributed by atoms with E-state index in [2.05, 4.69) is 35.6 Å². The van der Waals surface area contributed by atoms with Crippen LogP contribution in [0.4, 0.5) is 4.79 Å². The minimum atomic E-state index is -0.219. The number of carbonyl (C=O) groups is 1. The molecule has 0 unspecified atom stereocenters. The maximum absolute atomic E-state index is 11.8. The number of nitrogens with zero attached hydrogens (tertiary/aromatic N) is 2. The fourth-order valence-electron chi connectivity index (χ4n) is 3.96. The lowest BCUT2D eigenvalue weighted by Gasteiger charge is -2.32. The van der Waals surface area contributed by atoms with Crippen molar-refractivity contribution in [3.05, 3.63) is 30.3 Å². The number of piperidine rings is 1. The monoisotopic (exact) mass is 404 g/mol. The Kier molecular flexibility index (Phi) is 7.48. The molecule has 1 amide bonds. The zero-order valence-electron chi connectivity index (χ0n) is 16.7. The van der Waals surface area contributed by atoms with E-state index in [1.165, 1.54) is 30.6 Å². The maximum atomic E-state index is 11.8. The first kappa shape index (κ1) is 20.8. The van der Waals surface area contributed by atoms with E-state index in [1.54, 1.807) is 4.90 Å². The largest absolute Gasteiger partial charge is 0.450 e. The second-order valence-corrected chi connectivity index (χ2v) is 9.15. The molecule has 3 N–H and O–H groups in total.